The molecule has 1 aliphatic heterocycles. The van der Waals surface area contributed by atoms with Crippen LogP contribution in [0, 0.1) is 0 Å². The van der Waals surface area contributed by atoms with E-state index in [9.17, 15) is 0 Å². The van der Waals surface area contributed by atoms with Gasteiger partial charge in [-0.05, 0) is 43.7 Å². The first kappa shape index (κ1) is 16.6. The summed E-state index contributed by atoms with van der Waals surface area (Å²) >= 11 is 0. The molecule has 0 radical (unpaired) electrons. The lowest BCUT2D eigenvalue weighted by Gasteiger charge is -2.25. The monoisotopic (exact) mass is 334 g/mol. The molecule has 0 fully saturated rings. The first-order valence-corrected chi connectivity index (χ1v) is 8.07. The number of hydrogen-bond donors (Lipinski definition) is 3. The van der Waals surface area contributed by atoms with Crippen molar-refractivity contribution in [2.75, 3.05) is 18.1 Å². The second-order valence-electron chi connectivity index (χ2n) is 5.76. The largest absolute Gasteiger partial charge is 0.398 e. The quantitative estimate of drug-likeness (QED) is 0.796. The van der Waals surface area contributed by atoms with E-state index in [-0.39, 0.29) is 0 Å². The number of hydrogen-bond acceptors (Lipinski definition) is 6. The van der Waals surface area contributed by atoms with E-state index in [1.165, 1.54) is 0 Å². The fourth-order valence-electron chi connectivity index (χ4n) is 2.79. The maximum Gasteiger partial charge on any atom is 0.135 e. The molecule has 6 nitrogen and oxygen atoms in total. The Bertz CT molecular complexity index is 878. The van der Waals surface area contributed by atoms with Gasteiger partial charge in [0, 0.05) is 42.0 Å². The second kappa shape index (κ2) is 6.68. The zero-order chi connectivity index (χ0) is 18.0. The van der Waals surface area contributed by atoms with E-state index in [0.717, 1.165) is 22.4 Å². The van der Waals surface area contributed by atoms with Gasteiger partial charge in [0.1, 0.15) is 17.5 Å². The zero-order valence-electron chi connectivity index (χ0n) is 14.6. The van der Waals surface area contributed by atoms with Crippen LogP contribution in [0.5, 0.6) is 0 Å². The molecular formula is C19H22N6. The molecule has 0 saturated heterocycles. The van der Waals surface area contributed by atoms with Gasteiger partial charge in [0.15, 0.2) is 0 Å². The predicted octanol–water partition coefficient (Wildman–Crippen LogP) is 3.40. The number of nitrogens with one attached hydrogen (secondary N) is 1. The van der Waals surface area contributed by atoms with Gasteiger partial charge in [-0.3, -0.25) is 0 Å². The molecule has 0 aromatic carbocycles. The molecule has 3 rings (SSSR count). The summed E-state index contributed by atoms with van der Waals surface area (Å²) in [6.07, 6.45) is 9.63. The van der Waals surface area contributed by atoms with Gasteiger partial charge in [-0.2, -0.15) is 0 Å². The minimum Gasteiger partial charge on any atom is -0.398 e. The Morgan fingerprint density at radius 3 is 2.68 bits per heavy atom. The zero-order valence-corrected chi connectivity index (χ0v) is 14.6. The van der Waals surface area contributed by atoms with Crippen LogP contribution >= 0.6 is 0 Å². The average Bonchev–Trinajstić information content (AvgIpc) is 2.62. The van der Waals surface area contributed by atoms with E-state index in [1.807, 2.05) is 68.4 Å². The minimum atomic E-state index is 0.485. The summed E-state index contributed by atoms with van der Waals surface area (Å²) in [7, 11) is 1.99. The molecule has 0 aliphatic carbocycles. The fraction of sp³-hybridized carbons (Fsp3) is 0.158. The lowest BCUT2D eigenvalue weighted by atomic mass is 10.0. The van der Waals surface area contributed by atoms with Gasteiger partial charge >= 0.3 is 0 Å². The molecule has 1 aliphatic rings. The highest BCUT2D eigenvalue weighted by atomic mass is 15.1. The highest BCUT2D eigenvalue weighted by Crippen LogP contribution is 2.33. The predicted molar refractivity (Wildman–Crippen MR) is 104 cm³/mol. The summed E-state index contributed by atoms with van der Waals surface area (Å²) in [4.78, 5) is 10.9. The standard InChI is InChI=1S/C19H22N6/c1-4-14(20)13-6-7-16(22-11-13)23-17-10-12-8-9-25(3)15(5-2)18(12)19(21)24-17/h4-11H,20H2,1-3H3,(H3,21,22,23,24)/b14-4-,15-5+. The molecule has 128 valence electrons. The Balaban J connectivity index is 1.91. The molecule has 0 saturated carbocycles. The molecule has 0 unspecified atom stereocenters. The summed E-state index contributed by atoms with van der Waals surface area (Å²) in [6.45, 7) is 3.88. The Labute approximate surface area is 147 Å². The number of nitrogens with two attached hydrogens (primary N) is 2. The molecule has 2 aromatic heterocycles. The van der Waals surface area contributed by atoms with Crippen LogP contribution in [0.15, 0.2) is 42.7 Å². The van der Waals surface area contributed by atoms with Gasteiger partial charge < -0.3 is 21.7 Å². The molecule has 2 aromatic rings. The van der Waals surface area contributed by atoms with Gasteiger partial charge in [0.2, 0.25) is 0 Å². The van der Waals surface area contributed by atoms with Crippen molar-refractivity contribution < 1.29 is 0 Å². The maximum atomic E-state index is 6.21. The maximum absolute atomic E-state index is 6.21. The molecular weight excluding hydrogens is 312 g/mol. The highest BCUT2D eigenvalue weighted by molar-refractivity contribution is 5.84. The van der Waals surface area contributed by atoms with Crippen molar-refractivity contribution in [3.8, 4) is 0 Å². The van der Waals surface area contributed by atoms with E-state index in [1.54, 1.807) is 6.20 Å². The first-order valence-electron chi connectivity index (χ1n) is 8.07. The average molecular weight is 334 g/mol. The van der Waals surface area contributed by atoms with Crippen LogP contribution in [0.4, 0.5) is 17.5 Å². The minimum absolute atomic E-state index is 0.485. The molecule has 0 spiro atoms. The molecule has 6 heteroatoms. The Morgan fingerprint density at radius 1 is 1.24 bits per heavy atom. The van der Waals surface area contributed by atoms with E-state index < -0.39 is 0 Å². The number of allylic oxidation sites excluding steroid dienone is 2. The van der Waals surface area contributed by atoms with Crippen molar-refractivity contribution in [1.82, 2.24) is 14.9 Å². The number of pyridine rings is 2. The van der Waals surface area contributed by atoms with Crippen molar-refractivity contribution in [2.24, 2.45) is 5.73 Å². The number of anilines is 3. The Morgan fingerprint density at radius 2 is 2.04 bits per heavy atom. The molecule has 5 N–H and O–H groups in total. The third-order valence-corrected chi connectivity index (χ3v) is 4.13. The van der Waals surface area contributed by atoms with Gasteiger partial charge in [-0.25, -0.2) is 9.97 Å². The van der Waals surface area contributed by atoms with Gasteiger partial charge in [0.05, 0.1) is 0 Å². The van der Waals surface area contributed by atoms with Crippen LogP contribution in [-0.2, 0) is 0 Å². The number of aromatic nitrogens is 2. The van der Waals surface area contributed by atoms with E-state index in [2.05, 4.69) is 15.3 Å². The normalized spacial score (nSPS) is 15.4. The number of rotatable bonds is 3. The van der Waals surface area contributed by atoms with Gasteiger partial charge in [-0.15, -0.1) is 0 Å². The SMILES string of the molecule is C/C=C(\N)c1ccc(Nc2cc3c(c(N)n2)/C(=C\C)N(C)C=C3)nc1. The van der Waals surface area contributed by atoms with Crippen molar-refractivity contribution in [1.29, 1.82) is 0 Å². The van der Waals surface area contributed by atoms with Crippen molar-refractivity contribution in [2.45, 2.75) is 13.8 Å². The summed E-state index contributed by atoms with van der Waals surface area (Å²) < 4.78 is 0. The number of nitrogen functional groups attached to an aromatic ring is 1. The van der Waals surface area contributed by atoms with Crippen LogP contribution in [0.3, 0.4) is 0 Å². The number of fused-ring (bicyclic) bond motifs is 1. The van der Waals surface area contributed by atoms with Gasteiger partial charge in [-0.1, -0.05) is 12.2 Å². The Kier molecular flexibility index (Phi) is 4.43. The second-order valence-corrected chi connectivity index (χ2v) is 5.76. The third-order valence-electron chi connectivity index (χ3n) is 4.13. The highest BCUT2D eigenvalue weighted by Gasteiger charge is 2.18. The third kappa shape index (κ3) is 3.19. The van der Waals surface area contributed by atoms with Crippen LogP contribution in [0.1, 0.15) is 30.5 Å². The van der Waals surface area contributed by atoms with Crippen molar-refractivity contribution in [3.05, 3.63) is 59.4 Å². The van der Waals surface area contributed by atoms with E-state index in [4.69, 9.17) is 11.5 Å². The molecule has 3 heterocycles. The summed E-state index contributed by atoms with van der Waals surface area (Å²) in [5, 5.41) is 3.19. The molecule has 0 bridgehead atoms. The van der Waals surface area contributed by atoms with Crippen LogP contribution in [-0.4, -0.2) is 21.9 Å². The molecule has 0 atom stereocenters. The van der Waals surface area contributed by atoms with E-state index in [0.29, 0.717) is 23.2 Å². The lowest BCUT2D eigenvalue weighted by Crippen LogP contribution is -2.16. The topological polar surface area (TPSA) is 93.1 Å². The van der Waals surface area contributed by atoms with Crippen LogP contribution < -0.4 is 16.8 Å². The van der Waals surface area contributed by atoms with Gasteiger partial charge in [0.25, 0.3) is 0 Å². The lowest BCUT2D eigenvalue weighted by molar-refractivity contribution is 0.653. The smallest absolute Gasteiger partial charge is 0.135 e. The molecule has 0 amide bonds. The van der Waals surface area contributed by atoms with E-state index >= 15 is 0 Å². The fourth-order valence-corrected chi connectivity index (χ4v) is 2.79. The Hall–Kier alpha value is -3.28. The van der Waals surface area contributed by atoms with Crippen LogP contribution in [0.2, 0.25) is 0 Å². The summed E-state index contributed by atoms with van der Waals surface area (Å²) in [5.74, 6) is 1.82. The summed E-state index contributed by atoms with van der Waals surface area (Å²) in [6, 6.07) is 5.75. The van der Waals surface area contributed by atoms with Crippen molar-refractivity contribution >= 4 is 34.9 Å². The molecule has 25 heavy (non-hydrogen) atoms. The summed E-state index contributed by atoms with van der Waals surface area (Å²) in [5.41, 5.74) is 16.7. The number of nitrogens with zero attached hydrogens (tertiary/aromatic N) is 3. The first-order chi connectivity index (χ1) is 12.0. The van der Waals surface area contributed by atoms with Crippen LogP contribution in [0.25, 0.3) is 17.5 Å². The van der Waals surface area contributed by atoms with Crippen molar-refractivity contribution in [3.63, 3.8) is 0 Å².